The molecule has 5 heteroatoms. The highest BCUT2D eigenvalue weighted by molar-refractivity contribution is 7.98. The van der Waals surface area contributed by atoms with Gasteiger partial charge in [0, 0.05) is 35.8 Å². The van der Waals surface area contributed by atoms with Crippen molar-refractivity contribution in [2.75, 3.05) is 39.7 Å². The van der Waals surface area contributed by atoms with Crippen LogP contribution in [-0.4, -0.2) is 55.3 Å². The third kappa shape index (κ3) is 3.88. The molecular formula is C23H27N3S2. The lowest BCUT2D eigenvalue weighted by molar-refractivity contribution is 0.211. The molecule has 1 saturated heterocycles. The van der Waals surface area contributed by atoms with Crippen molar-refractivity contribution in [1.29, 1.82) is 0 Å². The maximum atomic E-state index is 5.00. The molecule has 2 aliphatic heterocycles. The summed E-state index contributed by atoms with van der Waals surface area (Å²) in [6, 6.07) is 18.1. The molecule has 2 aromatic carbocycles. The van der Waals surface area contributed by atoms with Crippen molar-refractivity contribution in [3.05, 3.63) is 65.2 Å². The lowest BCUT2D eigenvalue weighted by Gasteiger charge is -2.34. The molecule has 2 aromatic rings. The predicted molar refractivity (Wildman–Crippen MR) is 123 cm³/mol. The first-order valence-electron chi connectivity index (χ1n) is 9.58. The van der Waals surface area contributed by atoms with Gasteiger partial charge in [-0.05, 0) is 66.6 Å². The van der Waals surface area contributed by atoms with Gasteiger partial charge in [0.25, 0.3) is 0 Å². The summed E-state index contributed by atoms with van der Waals surface area (Å²) < 4.78 is 0. The summed E-state index contributed by atoms with van der Waals surface area (Å²) in [6.07, 6.45) is 6.55. The Bertz CT molecular complexity index is 887. The van der Waals surface area contributed by atoms with Crippen molar-refractivity contribution < 1.29 is 0 Å². The number of fused-ring (bicyclic) bond motifs is 1. The normalized spacial score (nSPS) is 23.8. The monoisotopic (exact) mass is 409 g/mol. The number of nitrogens with zero attached hydrogens (tertiary/aromatic N) is 3. The number of rotatable bonds is 4. The molecule has 0 aliphatic carbocycles. The first kappa shape index (κ1) is 19.6. The zero-order chi connectivity index (χ0) is 19.7. The molecule has 0 radical (unpaired) electrons. The number of likely N-dealkylation sites (tertiary alicyclic amines) is 1. The number of thioether (sulfide) groups is 2. The van der Waals surface area contributed by atoms with Crippen molar-refractivity contribution in [3.63, 3.8) is 0 Å². The molecule has 1 fully saturated rings. The molecule has 0 aromatic heterocycles. The highest BCUT2D eigenvalue weighted by atomic mass is 32.2. The number of hydrazone groups is 1. The Morgan fingerprint density at radius 2 is 1.54 bits per heavy atom. The largest absolute Gasteiger partial charge is 0.301 e. The molecule has 4 rings (SSSR count). The molecule has 2 aliphatic rings. The predicted octanol–water partition coefficient (Wildman–Crippen LogP) is 5.12. The van der Waals surface area contributed by atoms with E-state index in [0.717, 1.165) is 13.1 Å². The number of hydrogen-bond donors (Lipinski definition) is 0. The van der Waals surface area contributed by atoms with E-state index in [9.17, 15) is 0 Å². The number of benzene rings is 2. The molecule has 0 N–H and O–H groups in total. The van der Waals surface area contributed by atoms with Gasteiger partial charge >= 0.3 is 0 Å². The van der Waals surface area contributed by atoms with Gasteiger partial charge < -0.3 is 4.90 Å². The van der Waals surface area contributed by atoms with Crippen LogP contribution in [0.15, 0.2) is 69.0 Å². The molecule has 2 heterocycles. The fourth-order valence-electron chi connectivity index (χ4n) is 4.25. The van der Waals surface area contributed by atoms with Gasteiger partial charge in [-0.15, -0.1) is 23.5 Å². The Morgan fingerprint density at radius 1 is 0.929 bits per heavy atom. The fourth-order valence-corrected chi connectivity index (χ4v) is 5.06. The van der Waals surface area contributed by atoms with E-state index in [1.807, 2.05) is 0 Å². The Labute approximate surface area is 176 Å². The zero-order valence-corrected chi connectivity index (χ0v) is 18.6. The maximum absolute atomic E-state index is 5.00. The molecule has 146 valence electrons. The first-order valence-corrected chi connectivity index (χ1v) is 12.0. The molecule has 3 nitrogen and oxygen atoms in total. The van der Waals surface area contributed by atoms with Crippen LogP contribution < -0.4 is 0 Å². The minimum absolute atomic E-state index is 0.302. The van der Waals surface area contributed by atoms with E-state index in [4.69, 9.17) is 5.10 Å². The molecule has 0 unspecified atom stereocenters. The van der Waals surface area contributed by atoms with Gasteiger partial charge in [0.05, 0.1) is 11.8 Å². The van der Waals surface area contributed by atoms with Crippen molar-refractivity contribution >= 4 is 35.3 Å². The SMILES string of the molecule is CSc1ccc(/C=C2\CN(C)C[C@@H]3C2=NN(C)[C@@H]3c2ccc(SC)cc2)cc1. The van der Waals surface area contributed by atoms with E-state index in [0.29, 0.717) is 12.0 Å². The van der Waals surface area contributed by atoms with Crippen molar-refractivity contribution in [1.82, 2.24) is 9.91 Å². The number of hydrogen-bond acceptors (Lipinski definition) is 5. The Balaban J connectivity index is 1.64. The minimum atomic E-state index is 0.302. The van der Waals surface area contributed by atoms with E-state index in [-0.39, 0.29) is 0 Å². The Kier molecular flexibility index (Phi) is 5.85. The smallest absolute Gasteiger partial charge is 0.0813 e. The lowest BCUT2D eigenvalue weighted by Crippen LogP contribution is -2.41. The zero-order valence-electron chi connectivity index (χ0n) is 16.9. The van der Waals surface area contributed by atoms with Crippen LogP contribution in [0.5, 0.6) is 0 Å². The van der Waals surface area contributed by atoms with E-state index < -0.39 is 0 Å². The summed E-state index contributed by atoms with van der Waals surface area (Å²) in [5, 5.41) is 7.17. The quantitative estimate of drug-likeness (QED) is 0.653. The second-order valence-corrected chi connectivity index (χ2v) is 9.28. The maximum Gasteiger partial charge on any atom is 0.0813 e. The van der Waals surface area contributed by atoms with Crippen molar-refractivity contribution in [2.45, 2.75) is 15.8 Å². The van der Waals surface area contributed by atoms with Crippen LogP contribution in [0.1, 0.15) is 17.2 Å². The van der Waals surface area contributed by atoms with E-state index in [1.165, 1.54) is 32.2 Å². The minimum Gasteiger partial charge on any atom is -0.301 e. The highest BCUT2D eigenvalue weighted by Crippen LogP contribution is 2.40. The molecule has 0 amide bonds. The van der Waals surface area contributed by atoms with Crippen LogP contribution in [0.3, 0.4) is 0 Å². The van der Waals surface area contributed by atoms with E-state index in [2.05, 4.69) is 91.1 Å². The molecule has 0 saturated carbocycles. The average Bonchev–Trinajstić information content (AvgIpc) is 3.04. The van der Waals surface area contributed by atoms with Crippen LogP contribution in [0.4, 0.5) is 0 Å². The lowest BCUT2D eigenvalue weighted by atomic mass is 9.83. The molecule has 28 heavy (non-hydrogen) atoms. The second kappa shape index (κ2) is 8.36. The van der Waals surface area contributed by atoms with Crippen LogP contribution >= 0.6 is 23.5 Å². The van der Waals surface area contributed by atoms with Gasteiger partial charge in [-0.25, -0.2) is 0 Å². The number of likely N-dealkylation sites (N-methyl/N-ethyl adjacent to an activating group) is 1. The van der Waals surface area contributed by atoms with Crippen LogP contribution in [0, 0.1) is 5.92 Å². The molecule has 0 bridgehead atoms. The highest BCUT2D eigenvalue weighted by Gasteiger charge is 2.41. The molecular weight excluding hydrogens is 382 g/mol. The topological polar surface area (TPSA) is 18.8 Å². The molecule has 2 atom stereocenters. The third-order valence-corrected chi connectivity index (χ3v) is 7.08. The van der Waals surface area contributed by atoms with Crippen molar-refractivity contribution in [2.24, 2.45) is 11.0 Å². The summed E-state index contributed by atoms with van der Waals surface area (Å²) in [4.78, 5) is 5.03. The fraction of sp³-hybridized carbons (Fsp3) is 0.348. The third-order valence-electron chi connectivity index (χ3n) is 5.59. The van der Waals surface area contributed by atoms with Crippen LogP contribution in [0.2, 0.25) is 0 Å². The molecule has 0 spiro atoms. The van der Waals surface area contributed by atoms with Crippen LogP contribution in [-0.2, 0) is 0 Å². The standard InChI is InChI=1S/C23H27N3S2/c1-25-14-18(13-16-5-9-19(27-3)10-6-16)22-21(15-25)23(26(2)24-22)17-7-11-20(28-4)12-8-17/h5-13,21,23H,14-15H2,1-4H3/b18-13+/t21-,23-/m1/s1. The van der Waals surface area contributed by atoms with Gasteiger partial charge in [-0.3, -0.25) is 5.01 Å². The average molecular weight is 410 g/mol. The first-order chi connectivity index (χ1) is 13.6. The summed E-state index contributed by atoms with van der Waals surface area (Å²) in [6.45, 7) is 1.99. The summed E-state index contributed by atoms with van der Waals surface area (Å²) in [5.41, 5.74) is 5.20. The van der Waals surface area contributed by atoms with Crippen LogP contribution in [0.25, 0.3) is 6.08 Å². The van der Waals surface area contributed by atoms with Gasteiger partial charge in [-0.1, -0.05) is 24.3 Å². The van der Waals surface area contributed by atoms with Gasteiger partial charge in [0.1, 0.15) is 0 Å². The van der Waals surface area contributed by atoms with Gasteiger partial charge in [-0.2, -0.15) is 5.10 Å². The Morgan fingerprint density at radius 3 is 2.14 bits per heavy atom. The second-order valence-electron chi connectivity index (χ2n) is 7.52. The van der Waals surface area contributed by atoms with E-state index in [1.54, 1.807) is 23.5 Å². The summed E-state index contributed by atoms with van der Waals surface area (Å²) in [7, 11) is 4.33. The summed E-state index contributed by atoms with van der Waals surface area (Å²) >= 11 is 3.57. The van der Waals surface area contributed by atoms with Gasteiger partial charge in [0.15, 0.2) is 0 Å². The van der Waals surface area contributed by atoms with E-state index >= 15 is 0 Å². The van der Waals surface area contributed by atoms with Crippen molar-refractivity contribution in [3.8, 4) is 0 Å². The summed E-state index contributed by atoms with van der Waals surface area (Å²) in [5.74, 6) is 0.403. The Hall–Kier alpha value is -1.69. The number of piperidine rings is 1. The van der Waals surface area contributed by atoms with Gasteiger partial charge in [0.2, 0.25) is 0 Å².